The molecule has 72 valence electrons. The van der Waals surface area contributed by atoms with Crippen molar-refractivity contribution in [2.24, 2.45) is 0 Å². The average molecular weight is 218 g/mol. The molecule has 0 amide bonds. The Morgan fingerprint density at radius 2 is 2.62 bits per heavy atom. The summed E-state index contributed by atoms with van der Waals surface area (Å²) in [5, 5.41) is 0.320. The zero-order valence-corrected chi connectivity index (χ0v) is 8.89. The van der Waals surface area contributed by atoms with Crippen LogP contribution in [0.2, 0.25) is 0 Å². The largest absolute Gasteiger partial charge is 0.296 e. The van der Waals surface area contributed by atoms with Gasteiger partial charge >= 0.3 is 0 Å². The topological polar surface area (TPSA) is 29.0 Å². The van der Waals surface area contributed by atoms with E-state index in [-0.39, 0.29) is 0 Å². The van der Waals surface area contributed by atoms with Gasteiger partial charge < -0.3 is 0 Å². The van der Waals surface area contributed by atoms with Crippen molar-refractivity contribution < 1.29 is 0 Å². The fourth-order valence-electron chi connectivity index (χ4n) is 1.63. The Kier molecular flexibility index (Phi) is 3.14. The van der Waals surface area contributed by atoms with E-state index in [1.807, 2.05) is 6.20 Å². The highest BCUT2D eigenvalue weighted by Crippen LogP contribution is 2.16. The number of likely N-dealkylation sites (tertiary alicyclic amines) is 1. The highest BCUT2D eigenvalue weighted by atomic mass is 35.5. The molecule has 5 heteroatoms. The molecule has 1 aliphatic heterocycles. The molecule has 1 aromatic rings. The van der Waals surface area contributed by atoms with Crippen LogP contribution in [0.15, 0.2) is 6.20 Å². The Morgan fingerprint density at radius 3 is 3.31 bits per heavy atom. The van der Waals surface area contributed by atoms with E-state index in [1.54, 1.807) is 0 Å². The normalized spacial score (nSPS) is 24.8. The summed E-state index contributed by atoms with van der Waals surface area (Å²) < 4.78 is 8.16. The van der Waals surface area contributed by atoms with E-state index in [4.69, 9.17) is 11.6 Å². The molecule has 1 atom stereocenters. The van der Waals surface area contributed by atoms with Gasteiger partial charge in [0, 0.05) is 18.5 Å². The number of alkyl halides is 1. The molecule has 1 saturated heterocycles. The predicted octanol–water partition coefficient (Wildman–Crippen LogP) is 1.74. The van der Waals surface area contributed by atoms with Gasteiger partial charge in [-0.15, -0.1) is 11.6 Å². The molecule has 0 radical (unpaired) electrons. The van der Waals surface area contributed by atoms with E-state index in [2.05, 4.69) is 13.6 Å². The van der Waals surface area contributed by atoms with Crippen molar-refractivity contribution in [1.82, 2.24) is 13.6 Å². The maximum absolute atomic E-state index is 6.08. The monoisotopic (exact) mass is 217 g/mol. The van der Waals surface area contributed by atoms with E-state index >= 15 is 0 Å². The lowest BCUT2D eigenvalue weighted by Gasteiger charge is -2.28. The van der Waals surface area contributed by atoms with Crippen LogP contribution in [0, 0.1) is 0 Å². The van der Waals surface area contributed by atoms with Gasteiger partial charge in [-0.2, -0.15) is 8.75 Å². The predicted molar refractivity (Wildman–Crippen MR) is 54.1 cm³/mol. The van der Waals surface area contributed by atoms with Crippen LogP contribution in [0.5, 0.6) is 0 Å². The minimum absolute atomic E-state index is 0.320. The number of piperidine rings is 1. The molecule has 2 rings (SSSR count). The molecule has 13 heavy (non-hydrogen) atoms. The molecule has 0 N–H and O–H groups in total. The van der Waals surface area contributed by atoms with Crippen molar-refractivity contribution in [2.45, 2.75) is 24.8 Å². The number of hydrogen-bond acceptors (Lipinski definition) is 4. The van der Waals surface area contributed by atoms with Gasteiger partial charge in [0.05, 0.1) is 23.6 Å². The molecule has 0 spiro atoms. The molecule has 1 aromatic heterocycles. The molecule has 1 aliphatic rings. The van der Waals surface area contributed by atoms with Crippen LogP contribution >= 0.6 is 23.3 Å². The van der Waals surface area contributed by atoms with E-state index in [9.17, 15) is 0 Å². The number of rotatable bonds is 2. The smallest absolute Gasteiger partial charge is 0.0883 e. The lowest BCUT2D eigenvalue weighted by molar-refractivity contribution is 0.222. The van der Waals surface area contributed by atoms with Gasteiger partial charge in [-0.1, -0.05) is 0 Å². The summed E-state index contributed by atoms with van der Waals surface area (Å²) in [6.45, 7) is 3.03. The van der Waals surface area contributed by atoms with Crippen LogP contribution < -0.4 is 0 Å². The lowest BCUT2D eigenvalue weighted by atomic mass is 10.1. The summed E-state index contributed by atoms with van der Waals surface area (Å²) in [4.78, 5) is 2.35. The van der Waals surface area contributed by atoms with Crippen LogP contribution in [0.4, 0.5) is 0 Å². The quantitative estimate of drug-likeness (QED) is 0.707. The maximum atomic E-state index is 6.08. The Morgan fingerprint density at radius 1 is 1.69 bits per heavy atom. The van der Waals surface area contributed by atoms with Gasteiger partial charge in [-0.3, -0.25) is 4.90 Å². The van der Waals surface area contributed by atoms with Crippen LogP contribution in [-0.2, 0) is 6.54 Å². The molecule has 0 aliphatic carbocycles. The van der Waals surface area contributed by atoms with E-state index in [0.717, 1.165) is 31.7 Å². The van der Waals surface area contributed by atoms with Gasteiger partial charge in [0.15, 0.2) is 0 Å². The maximum Gasteiger partial charge on any atom is 0.0883 e. The first kappa shape index (κ1) is 9.37. The zero-order valence-electron chi connectivity index (χ0n) is 7.32. The van der Waals surface area contributed by atoms with E-state index < -0.39 is 0 Å². The molecule has 0 aromatic carbocycles. The Hall–Kier alpha value is -0.190. The highest BCUT2D eigenvalue weighted by Gasteiger charge is 2.18. The van der Waals surface area contributed by atoms with Crippen molar-refractivity contribution in [1.29, 1.82) is 0 Å². The summed E-state index contributed by atoms with van der Waals surface area (Å²) in [5.41, 5.74) is 1.07. The second-order valence-corrected chi connectivity index (χ2v) is 4.55. The van der Waals surface area contributed by atoms with Crippen LogP contribution in [0.1, 0.15) is 18.5 Å². The average Bonchev–Trinajstić information content (AvgIpc) is 2.57. The van der Waals surface area contributed by atoms with Gasteiger partial charge in [0.25, 0.3) is 0 Å². The van der Waals surface area contributed by atoms with Crippen molar-refractivity contribution in [3.8, 4) is 0 Å². The van der Waals surface area contributed by atoms with Crippen molar-refractivity contribution in [3.63, 3.8) is 0 Å². The second kappa shape index (κ2) is 4.35. The fraction of sp³-hybridized carbons (Fsp3) is 0.750. The van der Waals surface area contributed by atoms with Crippen molar-refractivity contribution >= 4 is 23.3 Å². The highest BCUT2D eigenvalue weighted by molar-refractivity contribution is 6.99. The third kappa shape index (κ3) is 2.62. The second-order valence-electron chi connectivity index (χ2n) is 3.37. The standard InChI is InChI=1S/C8H12ClN3S/c9-7-2-1-3-12(5-7)6-8-4-10-13-11-8/h4,7H,1-3,5-6H2. The number of aromatic nitrogens is 2. The van der Waals surface area contributed by atoms with Crippen LogP contribution in [0.3, 0.4) is 0 Å². The summed E-state index contributed by atoms with van der Waals surface area (Å²) in [5.74, 6) is 0. The lowest BCUT2D eigenvalue weighted by Crippen LogP contribution is -2.35. The van der Waals surface area contributed by atoms with Crippen LogP contribution in [-0.4, -0.2) is 32.1 Å². The van der Waals surface area contributed by atoms with Gasteiger partial charge in [0.1, 0.15) is 0 Å². The third-order valence-electron chi connectivity index (χ3n) is 2.24. The summed E-state index contributed by atoms with van der Waals surface area (Å²) in [6.07, 6.45) is 4.18. The molecule has 0 bridgehead atoms. The number of hydrogen-bond donors (Lipinski definition) is 0. The molecular weight excluding hydrogens is 206 g/mol. The Bertz CT molecular complexity index is 252. The summed E-state index contributed by atoms with van der Waals surface area (Å²) in [7, 11) is 0. The number of nitrogens with zero attached hydrogens (tertiary/aromatic N) is 3. The first-order valence-electron chi connectivity index (χ1n) is 4.47. The van der Waals surface area contributed by atoms with Gasteiger partial charge in [-0.25, -0.2) is 0 Å². The molecule has 0 saturated carbocycles. The molecule has 3 nitrogen and oxygen atoms in total. The summed E-state index contributed by atoms with van der Waals surface area (Å²) >= 11 is 7.35. The Balaban J connectivity index is 1.87. The van der Waals surface area contributed by atoms with Gasteiger partial charge in [0.2, 0.25) is 0 Å². The minimum Gasteiger partial charge on any atom is -0.296 e. The SMILES string of the molecule is ClC1CCCN(Cc2cnsn2)C1. The fourth-order valence-corrected chi connectivity index (χ4v) is 2.40. The zero-order chi connectivity index (χ0) is 9.10. The molecule has 2 heterocycles. The van der Waals surface area contributed by atoms with E-state index in [1.165, 1.54) is 18.1 Å². The van der Waals surface area contributed by atoms with Gasteiger partial charge in [-0.05, 0) is 19.4 Å². The molecule has 1 unspecified atom stereocenters. The molecule has 1 fully saturated rings. The van der Waals surface area contributed by atoms with Crippen molar-refractivity contribution in [3.05, 3.63) is 11.9 Å². The van der Waals surface area contributed by atoms with Crippen LogP contribution in [0.25, 0.3) is 0 Å². The third-order valence-corrected chi connectivity index (χ3v) is 3.11. The summed E-state index contributed by atoms with van der Waals surface area (Å²) in [6, 6.07) is 0. The first-order chi connectivity index (χ1) is 6.34. The molecular formula is C8H12ClN3S. The minimum atomic E-state index is 0.320. The van der Waals surface area contributed by atoms with Crippen molar-refractivity contribution in [2.75, 3.05) is 13.1 Å². The van der Waals surface area contributed by atoms with E-state index in [0.29, 0.717) is 5.38 Å². The Labute approximate surface area is 87.0 Å². The first-order valence-corrected chi connectivity index (χ1v) is 5.64. The number of halogens is 1.